The first-order valence-electron chi connectivity index (χ1n) is 10.5. The number of anilines is 1. The Morgan fingerprint density at radius 2 is 1.88 bits per heavy atom. The van der Waals surface area contributed by atoms with E-state index in [2.05, 4.69) is 14.9 Å². The van der Waals surface area contributed by atoms with Gasteiger partial charge in [0.2, 0.25) is 0 Å². The molecule has 3 rings (SSSR count). The summed E-state index contributed by atoms with van der Waals surface area (Å²) < 4.78 is 39.0. The van der Waals surface area contributed by atoms with Gasteiger partial charge in [-0.1, -0.05) is 11.6 Å². The number of nitrogens with one attached hydrogen (secondary N) is 2. The molecule has 0 saturated carbocycles. The van der Waals surface area contributed by atoms with Crippen LogP contribution in [0.25, 0.3) is 0 Å². The largest absolute Gasteiger partial charge is 0.494 e. The molecular weight excluding hydrogens is 454 g/mol. The molecule has 1 unspecified atom stereocenters. The lowest BCUT2D eigenvalue weighted by molar-refractivity contribution is 0.0204. The summed E-state index contributed by atoms with van der Waals surface area (Å²) in [5, 5.41) is 2.90. The van der Waals surface area contributed by atoms with E-state index in [9.17, 15) is 13.2 Å². The Balaban J connectivity index is 1.68. The summed E-state index contributed by atoms with van der Waals surface area (Å²) in [5.74, 6) is 0.276. The number of carbonyl (C=O) groups is 1. The number of morpholine rings is 1. The molecule has 2 aromatic rings. The lowest BCUT2D eigenvalue weighted by Crippen LogP contribution is -2.47. The second-order valence-corrected chi connectivity index (χ2v) is 9.47. The Hall–Kier alpha value is -2.33. The van der Waals surface area contributed by atoms with Crippen molar-refractivity contribution >= 4 is 33.2 Å². The molecule has 0 bridgehead atoms. The average molecular weight is 482 g/mol. The fraction of sp³-hybridized carbons (Fsp3) is 0.409. The number of carbonyl (C=O) groups excluding carboxylic acids is 1. The Kier molecular flexibility index (Phi) is 8.36. The van der Waals surface area contributed by atoms with Crippen LogP contribution in [-0.4, -0.2) is 64.7 Å². The minimum absolute atomic E-state index is 0.0293. The van der Waals surface area contributed by atoms with Gasteiger partial charge in [0.15, 0.2) is 0 Å². The van der Waals surface area contributed by atoms with Gasteiger partial charge in [0, 0.05) is 36.9 Å². The maximum atomic E-state index is 12.9. The summed E-state index contributed by atoms with van der Waals surface area (Å²) in [6.45, 7) is 7.84. The normalized spacial score (nSPS) is 15.7. The van der Waals surface area contributed by atoms with Crippen LogP contribution in [0.4, 0.5) is 5.69 Å². The van der Waals surface area contributed by atoms with Crippen molar-refractivity contribution in [2.75, 3.05) is 44.2 Å². The Morgan fingerprint density at radius 1 is 1.19 bits per heavy atom. The van der Waals surface area contributed by atoms with E-state index in [4.69, 9.17) is 21.1 Å². The maximum Gasteiger partial charge on any atom is 0.263 e. The summed E-state index contributed by atoms with van der Waals surface area (Å²) in [5.41, 5.74) is 0.578. The van der Waals surface area contributed by atoms with E-state index in [1.807, 2.05) is 13.8 Å². The molecule has 0 spiro atoms. The SMILES string of the molecule is CCOc1ccc(NS(=O)(=O)c2cc(C(=O)NCC(C)N3CCOCC3)ccc2Cl)cc1. The molecule has 0 aliphatic carbocycles. The Labute approximate surface area is 193 Å². The molecule has 1 aliphatic rings. The van der Waals surface area contributed by atoms with E-state index in [-0.39, 0.29) is 27.4 Å². The van der Waals surface area contributed by atoms with Crippen LogP contribution in [0.1, 0.15) is 24.2 Å². The molecule has 1 fully saturated rings. The van der Waals surface area contributed by atoms with E-state index in [1.165, 1.54) is 18.2 Å². The third-order valence-corrected chi connectivity index (χ3v) is 6.99. The molecule has 1 amide bonds. The predicted octanol–water partition coefficient (Wildman–Crippen LogP) is 2.99. The van der Waals surface area contributed by atoms with Crippen LogP contribution in [0, 0.1) is 0 Å². The third kappa shape index (κ3) is 6.35. The van der Waals surface area contributed by atoms with Crippen molar-refractivity contribution in [1.29, 1.82) is 0 Å². The van der Waals surface area contributed by atoms with Gasteiger partial charge in [-0.05, 0) is 56.3 Å². The smallest absolute Gasteiger partial charge is 0.263 e. The number of halogens is 1. The van der Waals surface area contributed by atoms with Gasteiger partial charge < -0.3 is 14.8 Å². The standard InChI is InChI=1S/C22H28ClN3O5S/c1-3-31-19-7-5-18(6-8-19)25-32(28,29)21-14-17(4-9-20(21)23)22(27)24-15-16(2)26-10-12-30-13-11-26/h4-9,14,16,25H,3,10-13,15H2,1-2H3,(H,24,27). The first kappa shape index (κ1) is 24.3. The van der Waals surface area contributed by atoms with Crippen molar-refractivity contribution < 1.29 is 22.7 Å². The van der Waals surface area contributed by atoms with Crippen LogP contribution < -0.4 is 14.8 Å². The Morgan fingerprint density at radius 3 is 2.53 bits per heavy atom. The van der Waals surface area contributed by atoms with Crippen LogP contribution in [0.5, 0.6) is 5.75 Å². The second-order valence-electron chi connectivity index (χ2n) is 7.42. The van der Waals surface area contributed by atoms with E-state index in [0.717, 1.165) is 13.1 Å². The summed E-state index contributed by atoms with van der Waals surface area (Å²) in [6, 6.07) is 10.9. The first-order valence-corrected chi connectivity index (χ1v) is 12.3. The second kappa shape index (κ2) is 11.0. The molecule has 174 valence electrons. The fourth-order valence-electron chi connectivity index (χ4n) is 3.34. The van der Waals surface area contributed by atoms with Crippen LogP contribution >= 0.6 is 11.6 Å². The van der Waals surface area contributed by atoms with E-state index >= 15 is 0 Å². The van der Waals surface area contributed by atoms with Gasteiger partial charge in [0.25, 0.3) is 15.9 Å². The summed E-state index contributed by atoms with van der Waals surface area (Å²) >= 11 is 6.16. The molecule has 32 heavy (non-hydrogen) atoms. The number of benzene rings is 2. The number of rotatable bonds is 9. The zero-order valence-corrected chi connectivity index (χ0v) is 19.7. The molecular formula is C22H28ClN3O5S. The monoisotopic (exact) mass is 481 g/mol. The van der Waals surface area contributed by atoms with Gasteiger partial charge in [-0.2, -0.15) is 0 Å². The van der Waals surface area contributed by atoms with Crippen LogP contribution in [0.15, 0.2) is 47.4 Å². The molecule has 2 N–H and O–H groups in total. The number of sulfonamides is 1. The topological polar surface area (TPSA) is 97.0 Å². The fourth-order valence-corrected chi connectivity index (χ4v) is 4.92. The minimum Gasteiger partial charge on any atom is -0.494 e. The van der Waals surface area contributed by atoms with Gasteiger partial charge in [-0.15, -0.1) is 0 Å². The number of amides is 1. The zero-order valence-electron chi connectivity index (χ0n) is 18.1. The summed E-state index contributed by atoms with van der Waals surface area (Å²) in [7, 11) is -4.00. The van der Waals surface area contributed by atoms with Crippen molar-refractivity contribution in [3.8, 4) is 5.75 Å². The van der Waals surface area contributed by atoms with Crippen molar-refractivity contribution in [1.82, 2.24) is 10.2 Å². The van der Waals surface area contributed by atoms with Crippen molar-refractivity contribution in [2.45, 2.75) is 24.8 Å². The highest BCUT2D eigenvalue weighted by molar-refractivity contribution is 7.92. The lowest BCUT2D eigenvalue weighted by Gasteiger charge is -2.32. The zero-order chi connectivity index (χ0) is 23.1. The van der Waals surface area contributed by atoms with Crippen molar-refractivity contribution in [2.24, 2.45) is 0 Å². The molecule has 0 aromatic heterocycles. The predicted molar refractivity (Wildman–Crippen MR) is 124 cm³/mol. The third-order valence-electron chi connectivity index (χ3n) is 5.13. The van der Waals surface area contributed by atoms with Crippen LogP contribution in [0.3, 0.4) is 0 Å². The van der Waals surface area contributed by atoms with Gasteiger partial charge in [0.05, 0.1) is 24.8 Å². The molecule has 1 saturated heterocycles. The molecule has 1 atom stereocenters. The van der Waals surface area contributed by atoms with Crippen molar-refractivity contribution in [3.05, 3.63) is 53.1 Å². The average Bonchev–Trinajstić information content (AvgIpc) is 2.79. The van der Waals surface area contributed by atoms with E-state index in [0.29, 0.717) is 37.8 Å². The van der Waals surface area contributed by atoms with E-state index < -0.39 is 10.0 Å². The van der Waals surface area contributed by atoms with Crippen LogP contribution in [-0.2, 0) is 14.8 Å². The molecule has 10 heteroatoms. The minimum atomic E-state index is -4.00. The number of nitrogens with zero attached hydrogens (tertiary/aromatic N) is 1. The molecule has 2 aromatic carbocycles. The van der Waals surface area contributed by atoms with Gasteiger partial charge in [-0.25, -0.2) is 8.42 Å². The number of hydrogen-bond acceptors (Lipinski definition) is 6. The highest BCUT2D eigenvalue weighted by Gasteiger charge is 2.22. The van der Waals surface area contributed by atoms with Crippen LogP contribution in [0.2, 0.25) is 5.02 Å². The van der Waals surface area contributed by atoms with Gasteiger partial charge in [-0.3, -0.25) is 14.4 Å². The number of ether oxygens (including phenoxy) is 2. The lowest BCUT2D eigenvalue weighted by atomic mass is 10.2. The highest BCUT2D eigenvalue weighted by atomic mass is 35.5. The Bertz CT molecular complexity index is 1020. The quantitative estimate of drug-likeness (QED) is 0.571. The molecule has 0 radical (unpaired) electrons. The number of hydrogen-bond donors (Lipinski definition) is 2. The highest BCUT2D eigenvalue weighted by Crippen LogP contribution is 2.26. The molecule has 1 aliphatic heterocycles. The van der Waals surface area contributed by atoms with Gasteiger partial charge >= 0.3 is 0 Å². The molecule has 8 nitrogen and oxygen atoms in total. The van der Waals surface area contributed by atoms with E-state index in [1.54, 1.807) is 24.3 Å². The summed E-state index contributed by atoms with van der Waals surface area (Å²) in [4.78, 5) is 14.7. The first-order chi connectivity index (χ1) is 15.3. The summed E-state index contributed by atoms with van der Waals surface area (Å²) in [6.07, 6.45) is 0. The maximum absolute atomic E-state index is 12.9. The molecule has 1 heterocycles. The van der Waals surface area contributed by atoms with Crippen molar-refractivity contribution in [3.63, 3.8) is 0 Å². The van der Waals surface area contributed by atoms with Gasteiger partial charge in [0.1, 0.15) is 10.6 Å².